The number of hydrogen-bond acceptors (Lipinski definition) is 3. The number of carboxylic acids is 1. The fourth-order valence-corrected chi connectivity index (χ4v) is 1.79. The van der Waals surface area contributed by atoms with Gasteiger partial charge in [-0.3, -0.25) is 9.36 Å². The van der Waals surface area contributed by atoms with Gasteiger partial charge in [-0.1, -0.05) is 12.1 Å². The molecule has 17 heavy (non-hydrogen) atoms. The molecule has 94 valence electrons. The number of nitrogens with one attached hydrogen (secondary N) is 1. The summed E-state index contributed by atoms with van der Waals surface area (Å²) in [6.45, 7) is -0.165. The van der Waals surface area contributed by atoms with Crippen LogP contribution in [0.2, 0.25) is 0 Å². The highest BCUT2D eigenvalue weighted by Crippen LogP contribution is 2.34. The molecule has 4 N–H and O–H groups in total. The molecule has 0 aliphatic rings. The third kappa shape index (κ3) is 6.06. The third-order valence-electron chi connectivity index (χ3n) is 2.09. The van der Waals surface area contributed by atoms with Crippen molar-refractivity contribution >= 4 is 19.3 Å². The Hall–Kier alpha value is -1.36. The van der Waals surface area contributed by atoms with Gasteiger partial charge in [-0.05, 0) is 24.1 Å². The smallest absolute Gasteiger partial charge is 0.325 e. The van der Waals surface area contributed by atoms with Crippen molar-refractivity contribution in [1.82, 2.24) is 0 Å². The lowest BCUT2D eigenvalue weighted by Crippen LogP contribution is -2.12. The molecule has 0 amide bonds. The van der Waals surface area contributed by atoms with E-state index in [0.29, 0.717) is 12.1 Å². The highest BCUT2D eigenvalue weighted by atomic mass is 31.2. The van der Waals surface area contributed by atoms with Crippen LogP contribution in [0.3, 0.4) is 0 Å². The Bertz CT molecular complexity index is 425. The summed E-state index contributed by atoms with van der Waals surface area (Å²) in [6.07, 6.45) is 0.110. The maximum atomic E-state index is 10.7. The van der Waals surface area contributed by atoms with Crippen LogP contribution in [0.4, 0.5) is 5.69 Å². The summed E-state index contributed by atoms with van der Waals surface area (Å²) in [4.78, 5) is 27.7. The standard InChI is InChI=1S/C10H14NO5P/c12-10(13)7-11-9-3-1-8(2-4-9)5-6-17(14,15)16/h1-4,11H,5-7H2,(H,12,13)(H2,14,15,16). The zero-order chi connectivity index (χ0) is 12.9. The van der Waals surface area contributed by atoms with Crippen LogP contribution in [0.25, 0.3) is 0 Å². The zero-order valence-corrected chi connectivity index (χ0v) is 9.93. The second kappa shape index (κ2) is 5.82. The average molecular weight is 259 g/mol. The predicted molar refractivity (Wildman–Crippen MR) is 63.2 cm³/mol. The van der Waals surface area contributed by atoms with E-state index in [9.17, 15) is 9.36 Å². The Labute approximate surface area is 98.4 Å². The molecular formula is C10H14NO5P. The molecule has 0 aliphatic carbocycles. The lowest BCUT2D eigenvalue weighted by atomic mass is 10.1. The summed E-state index contributed by atoms with van der Waals surface area (Å²) in [5.41, 5.74) is 1.46. The van der Waals surface area contributed by atoms with Crippen LogP contribution in [-0.2, 0) is 15.8 Å². The van der Waals surface area contributed by atoms with E-state index in [1.807, 2.05) is 0 Å². The molecule has 1 rings (SSSR count). The third-order valence-corrected chi connectivity index (χ3v) is 2.90. The van der Waals surface area contributed by atoms with E-state index in [1.165, 1.54) is 0 Å². The van der Waals surface area contributed by atoms with Gasteiger partial charge in [0, 0.05) is 5.69 Å². The molecule has 0 atom stereocenters. The van der Waals surface area contributed by atoms with E-state index in [2.05, 4.69) is 5.32 Å². The van der Waals surface area contributed by atoms with Crippen molar-refractivity contribution in [3.05, 3.63) is 29.8 Å². The van der Waals surface area contributed by atoms with Crippen LogP contribution in [0.5, 0.6) is 0 Å². The van der Waals surface area contributed by atoms with E-state index in [4.69, 9.17) is 14.9 Å². The Balaban J connectivity index is 2.50. The molecule has 0 fully saturated rings. The molecule has 0 aromatic heterocycles. The summed E-state index contributed by atoms with van der Waals surface area (Å²) >= 11 is 0. The van der Waals surface area contributed by atoms with Gasteiger partial charge in [0.15, 0.2) is 0 Å². The molecule has 1 aromatic rings. The van der Waals surface area contributed by atoms with Gasteiger partial charge in [0.1, 0.15) is 6.54 Å². The van der Waals surface area contributed by atoms with Gasteiger partial charge in [-0.2, -0.15) is 0 Å². The minimum absolute atomic E-state index is 0.165. The largest absolute Gasteiger partial charge is 0.480 e. The van der Waals surface area contributed by atoms with E-state index < -0.39 is 13.6 Å². The van der Waals surface area contributed by atoms with Gasteiger partial charge >= 0.3 is 13.6 Å². The molecule has 0 radical (unpaired) electrons. The van der Waals surface area contributed by atoms with Gasteiger partial charge in [-0.25, -0.2) is 0 Å². The topological polar surface area (TPSA) is 107 Å². The maximum absolute atomic E-state index is 10.7. The van der Waals surface area contributed by atoms with Crippen molar-refractivity contribution in [2.75, 3.05) is 18.0 Å². The molecule has 0 unspecified atom stereocenters. The van der Waals surface area contributed by atoms with Crippen molar-refractivity contribution in [2.24, 2.45) is 0 Å². The predicted octanol–water partition coefficient (Wildman–Crippen LogP) is 0.903. The van der Waals surface area contributed by atoms with Crippen LogP contribution < -0.4 is 5.32 Å². The van der Waals surface area contributed by atoms with E-state index in [-0.39, 0.29) is 12.7 Å². The summed E-state index contributed by atoms with van der Waals surface area (Å²) in [6, 6.07) is 6.77. The van der Waals surface area contributed by atoms with Crippen molar-refractivity contribution < 1.29 is 24.3 Å². The number of carboxylic acid groups (broad SMARTS) is 1. The molecule has 0 heterocycles. The Kier molecular flexibility index (Phi) is 4.69. The number of anilines is 1. The first-order valence-electron chi connectivity index (χ1n) is 4.96. The number of benzene rings is 1. The molecule has 1 aromatic carbocycles. The fourth-order valence-electron chi connectivity index (χ4n) is 1.24. The molecule has 0 saturated heterocycles. The summed E-state index contributed by atoms with van der Waals surface area (Å²) in [5.74, 6) is -0.949. The summed E-state index contributed by atoms with van der Waals surface area (Å²) in [7, 11) is -3.96. The number of aliphatic carboxylic acids is 1. The first-order chi connectivity index (χ1) is 7.87. The number of aryl methyl sites for hydroxylation is 1. The summed E-state index contributed by atoms with van der Waals surface area (Å²) in [5, 5.41) is 11.1. The number of hydrogen-bond donors (Lipinski definition) is 4. The average Bonchev–Trinajstić information content (AvgIpc) is 2.24. The van der Waals surface area contributed by atoms with Crippen LogP contribution in [-0.4, -0.2) is 33.6 Å². The lowest BCUT2D eigenvalue weighted by molar-refractivity contribution is -0.134. The lowest BCUT2D eigenvalue weighted by Gasteiger charge is -2.06. The second-order valence-corrected chi connectivity index (χ2v) is 5.36. The number of carbonyl (C=O) groups is 1. The zero-order valence-electron chi connectivity index (χ0n) is 9.04. The molecule has 7 heteroatoms. The first kappa shape index (κ1) is 13.7. The quantitative estimate of drug-likeness (QED) is 0.565. The minimum Gasteiger partial charge on any atom is -0.480 e. The Morgan fingerprint density at radius 2 is 1.82 bits per heavy atom. The molecule has 0 aliphatic heterocycles. The molecule has 0 bridgehead atoms. The highest BCUT2D eigenvalue weighted by molar-refractivity contribution is 7.51. The normalized spacial score (nSPS) is 11.2. The van der Waals surface area contributed by atoms with Gasteiger partial charge in [0.05, 0.1) is 6.16 Å². The number of rotatable bonds is 6. The fraction of sp³-hybridized carbons (Fsp3) is 0.300. The van der Waals surface area contributed by atoms with Gasteiger partial charge in [0.25, 0.3) is 0 Å². The van der Waals surface area contributed by atoms with Gasteiger partial charge < -0.3 is 20.2 Å². The van der Waals surface area contributed by atoms with Crippen molar-refractivity contribution in [1.29, 1.82) is 0 Å². The van der Waals surface area contributed by atoms with Crippen LogP contribution in [0, 0.1) is 0 Å². The monoisotopic (exact) mass is 259 g/mol. The molecule has 0 spiro atoms. The van der Waals surface area contributed by atoms with Crippen molar-refractivity contribution in [2.45, 2.75) is 6.42 Å². The van der Waals surface area contributed by atoms with Crippen molar-refractivity contribution in [3.8, 4) is 0 Å². The van der Waals surface area contributed by atoms with Crippen LogP contribution in [0.15, 0.2) is 24.3 Å². The SMILES string of the molecule is O=C(O)CNc1ccc(CCP(=O)(O)O)cc1. The van der Waals surface area contributed by atoms with Crippen LogP contribution in [0.1, 0.15) is 5.56 Å². The van der Waals surface area contributed by atoms with E-state index in [1.54, 1.807) is 24.3 Å². The first-order valence-corrected chi connectivity index (χ1v) is 6.76. The van der Waals surface area contributed by atoms with Gasteiger partial charge in [-0.15, -0.1) is 0 Å². The van der Waals surface area contributed by atoms with Gasteiger partial charge in [0.2, 0.25) is 0 Å². The van der Waals surface area contributed by atoms with E-state index in [0.717, 1.165) is 5.56 Å². The van der Waals surface area contributed by atoms with E-state index >= 15 is 0 Å². The van der Waals surface area contributed by atoms with Crippen LogP contribution >= 0.6 is 7.60 Å². The van der Waals surface area contributed by atoms with Crippen molar-refractivity contribution in [3.63, 3.8) is 0 Å². The maximum Gasteiger partial charge on any atom is 0.325 e. The molecular weight excluding hydrogens is 245 g/mol. The Morgan fingerprint density at radius 3 is 2.29 bits per heavy atom. The Morgan fingerprint density at radius 1 is 1.24 bits per heavy atom. The second-order valence-electron chi connectivity index (χ2n) is 3.58. The molecule has 6 nitrogen and oxygen atoms in total. The highest BCUT2D eigenvalue weighted by Gasteiger charge is 2.12. The summed E-state index contributed by atoms with van der Waals surface area (Å²) < 4.78 is 10.7. The molecule has 0 saturated carbocycles. The minimum atomic E-state index is -3.96.